The van der Waals surface area contributed by atoms with Gasteiger partial charge >= 0.3 is 0 Å². The van der Waals surface area contributed by atoms with Crippen molar-refractivity contribution in [3.05, 3.63) is 0 Å². The highest BCUT2D eigenvalue weighted by Gasteiger charge is 2.37. The van der Waals surface area contributed by atoms with Crippen molar-refractivity contribution in [3.8, 4) is 0 Å². The average Bonchev–Trinajstić information content (AvgIpc) is 2.90. The van der Waals surface area contributed by atoms with Crippen LogP contribution >= 0.6 is 0 Å². The number of likely N-dealkylation sites (tertiary alicyclic amines) is 2. The molecule has 6 nitrogen and oxygen atoms in total. The van der Waals surface area contributed by atoms with Crippen LogP contribution in [-0.4, -0.2) is 73.2 Å². The van der Waals surface area contributed by atoms with E-state index in [1.54, 1.807) is 16.9 Å². The number of carbonyl (C=O) groups is 2. The van der Waals surface area contributed by atoms with Gasteiger partial charge in [0, 0.05) is 45.2 Å². The molecule has 0 unspecified atom stereocenters. The summed E-state index contributed by atoms with van der Waals surface area (Å²) in [5, 5.41) is 9.74. The van der Waals surface area contributed by atoms with Crippen molar-refractivity contribution in [1.82, 2.24) is 9.80 Å². The van der Waals surface area contributed by atoms with Crippen molar-refractivity contribution in [2.75, 3.05) is 46.5 Å². The van der Waals surface area contributed by atoms with Crippen molar-refractivity contribution in [3.63, 3.8) is 0 Å². The Morgan fingerprint density at radius 2 is 2.19 bits per heavy atom. The van der Waals surface area contributed by atoms with Crippen LogP contribution in [0.4, 0.5) is 0 Å². The highest BCUT2D eigenvalue weighted by atomic mass is 16.5. The standard InChI is InChI=1S/C15H26N2O4/c1-21-9-6-15(12-18)5-3-8-17(11-15)14(20)10-16-7-2-4-13(16)19/h18H,2-12H2,1H3/t15-/m1/s1. The molecule has 120 valence electrons. The number of aliphatic hydroxyl groups is 1. The van der Waals surface area contributed by atoms with Crippen LogP contribution in [-0.2, 0) is 14.3 Å². The first kappa shape index (κ1) is 16.2. The lowest BCUT2D eigenvalue weighted by Crippen LogP contribution is -2.51. The molecule has 21 heavy (non-hydrogen) atoms. The third kappa shape index (κ3) is 3.95. The van der Waals surface area contributed by atoms with E-state index in [-0.39, 0.29) is 30.4 Å². The molecule has 2 aliphatic rings. The molecule has 0 aromatic carbocycles. The fourth-order valence-corrected chi connectivity index (χ4v) is 3.29. The maximum atomic E-state index is 12.4. The molecule has 0 aliphatic carbocycles. The van der Waals surface area contributed by atoms with Crippen molar-refractivity contribution in [2.24, 2.45) is 5.41 Å². The number of hydrogen-bond donors (Lipinski definition) is 1. The van der Waals surface area contributed by atoms with Gasteiger partial charge in [0.1, 0.15) is 0 Å². The van der Waals surface area contributed by atoms with Crippen LogP contribution in [0.25, 0.3) is 0 Å². The Kier molecular flexibility index (Phi) is 5.58. The van der Waals surface area contributed by atoms with E-state index in [0.29, 0.717) is 26.1 Å². The van der Waals surface area contributed by atoms with Gasteiger partial charge in [-0.05, 0) is 25.7 Å². The minimum atomic E-state index is -0.251. The molecule has 0 saturated carbocycles. The average molecular weight is 298 g/mol. The molecule has 2 amide bonds. The molecule has 2 saturated heterocycles. The van der Waals surface area contributed by atoms with Gasteiger partial charge in [0.05, 0.1) is 13.2 Å². The smallest absolute Gasteiger partial charge is 0.242 e. The van der Waals surface area contributed by atoms with E-state index in [4.69, 9.17) is 4.74 Å². The van der Waals surface area contributed by atoms with E-state index in [2.05, 4.69) is 0 Å². The molecule has 2 rings (SSSR count). The number of amides is 2. The van der Waals surface area contributed by atoms with E-state index in [1.807, 2.05) is 0 Å². The highest BCUT2D eigenvalue weighted by Crippen LogP contribution is 2.33. The molecule has 0 bridgehead atoms. The summed E-state index contributed by atoms with van der Waals surface area (Å²) in [6.07, 6.45) is 3.97. The van der Waals surface area contributed by atoms with Gasteiger partial charge in [-0.25, -0.2) is 0 Å². The fraction of sp³-hybridized carbons (Fsp3) is 0.867. The minimum absolute atomic E-state index is 0.000178. The van der Waals surface area contributed by atoms with Gasteiger partial charge in [0.2, 0.25) is 11.8 Å². The monoisotopic (exact) mass is 298 g/mol. The van der Waals surface area contributed by atoms with Crippen LogP contribution in [0.5, 0.6) is 0 Å². The van der Waals surface area contributed by atoms with E-state index >= 15 is 0 Å². The zero-order valence-electron chi connectivity index (χ0n) is 12.8. The molecule has 6 heteroatoms. The Morgan fingerprint density at radius 1 is 1.38 bits per heavy atom. The second-order valence-electron chi connectivity index (χ2n) is 6.24. The zero-order valence-corrected chi connectivity index (χ0v) is 12.8. The van der Waals surface area contributed by atoms with E-state index < -0.39 is 0 Å². The summed E-state index contributed by atoms with van der Waals surface area (Å²) >= 11 is 0. The third-order valence-electron chi connectivity index (χ3n) is 4.68. The lowest BCUT2D eigenvalue weighted by molar-refractivity contribution is -0.141. The Hall–Kier alpha value is -1.14. The fourth-order valence-electron chi connectivity index (χ4n) is 3.29. The summed E-state index contributed by atoms with van der Waals surface area (Å²) in [4.78, 5) is 27.5. The number of hydrogen-bond acceptors (Lipinski definition) is 4. The summed E-state index contributed by atoms with van der Waals surface area (Å²) in [6, 6.07) is 0. The van der Waals surface area contributed by atoms with Crippen LogP contribution in [0.15, 0.2) is 0 Å². The number of rotatable bonds is 6. The number of ether oxygens (including phenoxy) is 1. The number of nitrogens with zero attached hydrogens (tertiary/aromatic N) is 2. The molecule has 2 aliphatic heterocycles. The maximum Gasteiger partial charge on any atom is 0.242 e. The van der Waals surface area contributed by atoms with Gasteiger partial charge in [0.15, 0.2) is 0 Å². The molecule has 0 spiro atoms. The number of piperidine rings is 1. The quantitative estimate of drug-likeness (QED) is 0.763. The summed E-state index contributed by atoms with van der Waals surface area (Å²) in [5.41, 5.74) is -0.251. The summed E-state index contributed by atoms with van der Waals surface area (Å²) in [7, 11) is 1.65. The second kappa shape index (κ2) is 7.22. The molecule has 0 aromatic rings. The molecule has 2 heterocycles. The maximum absolute atomic E-state index is 12.4. The number of aliphatic hydroxyl groups excluding tert-OH is 1. The number of carbonyl (C=O) groups excluding carboxylic acids is 2. The summed E-state index contributed by atoms with van der Waals surface area (Å²) in [5.74, 6) is 0.0772. The lowest BCUT2D eigenvalue weighted by atomic mass is 9.78. The SMILES string of the molecule is COCC[C@]1(CO)CCCN(C(=O)CN2CCCC2=O)C1. The van der Waals surface area contributed by atoms with Crippen LogP contribution in [0, 0.1) is 5.41 Å². The molecule has 1 N–H and O–H groups in total. The first-order chi connectivity index (χ1) is 10.1. The van der Waals surface area contributed by atoms with Gasteiger partial charge in [0.25, 0.3) is 0 Å². The molecule has 1 atom stereocenters. The Morgan fingerprint density at radius 3 is 2.81 bits per heavy atom. The Balaban J connectivity index is 1.92. The van der Waals surface area contributed by atoms with E-state index in [9.17, 15) is 14.7 Å². The zero-order chi connectivity index (χ0) is 15.3. The van der Waals surface area contributed by atoms with E-state index in [1.165, 1.54) is 0 Å². The normalized spacial score (nSPS) is 26.5. The van der Waals surface area contributed by atoms with Crippen LogP contribution in [0.2, 0.25) is 0 Å². The molecule has 0 radical (unpaired) electrons. The van der Waals surface area contributed by atoms with Crippen molar-refractivity contribution < 1.29 is 19.4 Å². The lowest BCUT2D eigenvalue weighted by Gasteiger charge is -2.42. The third-order valence-corrected chi connectivity index (χ3v) is 4.68. The van der Waals surface area contributed by atoms with Gasteiger partial charge < -0.3 is 19.6 Å². The predicted molar refractivity (Wildman–Crippen MR) is 77.6 cm³/mol. The van der Waals surface area contributed by atoms with Crippen LogP contribution < -0.4 is 0 Å². The highest BCUT2D eigenvalue weighted by molar-refractivity contribution is 5.86. The predicted octanol–water partition coefficient (Wildman–Crippen LogP) is 0.246. The van der Waals surface area contributed by atoms with Gasteiger partial charge in [-0.1, -0.05) is 0 Å². The van der Waals surface area contributed by atoms with E-state index in [0.717, 1.165) is 32.2 Å². The molecular formula is C15H26N2O4. The van der Waals surface area contributed by atoms with Gasteiger partial charge in [-0.2, -0.15) is 0 Å². The van der Waals surface area contributed by atoms with Gasteiger partial charge in [-0.15, -0.1) is 0 Å². The largest absolute Gasteiger partial charge is 0.396 e. The van der Waals surface area contributed by atoms with Gasteiger partial charge in [-0.3, -0.25) is 9.59 Å². The van der Waals surface area contributed by atoms with Crippen LogP contribution in [0.1, 0.15) is 32.1 Å². The topological polar surface area (TPSA) is 70.1 Å². The Bertz CT molecular complexity index is 388. The molecular weight excluding hydrogens is 272 g/mol. The van der Waals surface area contributed by atoms with Crippen molar-refractivity contribution in [2.45, 2.75) is 32.1 Å². The van der Waals surface area contributed by atoms with Crippen LogP contribution in [0.3, 0.4) is 0 Å². The van der Waals surface area contributed by atoms with Crippen molar-refractivity contribution >= 4 is 11.8 Å². The first-order valence-electron chi connectivity index (χ1n) is 7.75. The summed E-state index contributed by atoms with van der Waals surface area (Å²) in [6.45, 7) is 2.82. The van der Waals surface area contributed by atoms with Crippen molar-refractivity contribution in [1.29, 1.82) is 0 Å². The molecule has 2 fully saturated rings. The Labute approximate surface area is 126 Å². The second-order valence-corrected chi connectivity index (χ2v) is 6.24. The minimum Gasteiger partial charge on any atom is -0.396 e. The number of methoxy groups -OCH3 is 1. The molecule has 0 aromatic heterocycles. The first-order valence-corrected chi connectivity index (χ1v) is 7.75. The summed E-state index contributed by atoms with van der Waals surface area (Å²) < 4.78 is 5.12.